The van der Waals surface area contributed by atoms with Crippen molar-refractivity contribution in [3.05, 3.63) is 66.1 Å². The minimum Gasteiger partial charge on any atom is -0.455 e. The number of benzene rings is 1. The molecule has 0 unspecified atom stereocenters. The third-order valence-corrected chi connectivity index (χ3v) is 4.89. The normalized spacial score (nSPS) is 11.9. The predicted molar refractivity (Wildman–Crippen MR) is 103 cm³/mol. The molecule has 26 heavy (non-hydrogen) atoms. The van der Waals surface area contributed by atoms with Gasteiger partial charge in [0.2, 0.25) is 0 Å². The summed E-state index contributed by atoms with van der Waals surface area (Å²) in [4.78, 5) is 12.0. The lowest BCUT2D eigenvalue weighted by Gasteiger charge is -2.09. The van der Waals surface area contributed by atoms with Crippen LogP contribution < -0.4 is 5.32 Å². The second-order valence-corrected chi connectivity index (χ2v) is 6.96. The minimum absolute atomic E-state index is 0.129. The van der Waals surface area contributed by atoms with E-state index in [9.17, 15) is 4.79 Å². The van der Waals surface area contributed by atoms with Crippen LogP contribution in [0.1, 0.15) is 36.6 Å². The zero-order valence-corrected chi connectivity index (χ0v) is 15.6. The Morgan fingerprint density at radius 2 is 1.92 bits per heavy atom. The van der Waals surface area contributed by atoms with Gasteiger partial charge in [-0.2, -0.15) is 0 Å². The molecular formula is C20H21N3O2S. The van der Waals surface area contributed by atoms with Gasteiger partial charge in [-0.15, -0.1) is 10.2 Å². The molecule has 0 radical (unpaired) electrons. The van der Waals surface area contributed by atoms with Gasteiger partial charge in [-0.3, -0.25) is 4.79 Å². The smallest absolute Gasteiger partial charge is 0.287 e. The molecule has 0 aliphatic carbocycles. The van der Waals surface area contributed by atoms with Crippen molar-refractivity contribution in [3.8, 4) is 11.3 Å². The van der Waals surface area contributed by atoms with Crippen LogP contribution in [0.3, 0.4) is 0 Å². The molecule has 3 rings (SSSR count). The number of furan rings is 1. The number of amides is 1. The third-order valence-electron chi connectivity index (χ3n) is 3.95. The van der Waals surface area contributed by atoms with Crippen LogP contribution in [0.25, 0.3) is 11.3 Å². The number of nitrogens with one attached hydrogen (secondary N) is 1. The number of aromatic nitrogens is 2. The number of carbonyl (C=O) groups excluding carboxylic acids is 1. The molecule has 0 spiro atoms. The van der Waals surface area contributed by atoms with Crippen molar-refractivity contribution in [2.45, 2.75) is 37.1 Å². The number of hydrogen-bond acceptors (Lipinski definition) is 5. The van der Waals surface area contributed by atoms with Crippen LogP contribution in [0.5, 0.6) is 0 Å². The maximum atomic E-state index is 12.0. The maximum absolute atomic E-state index is 12.0. The average molecular weight is 367 g/mol. The topological polar surface area (TPSA) is 68.0 Å². The van der Waals surface area contributed by atoms with Crippen LogP contribution in [-0.2, 0) is 5.75 Å². The van der Waals surface area contributed by atoms with Gasteiger partial charge in [-0.1, -0.05) is 49.0 Å². The summed E-state index contributed by atoms with van der Waals surface area (Å²) in [6.45, 7) is 3.99. The fourth-order valence-corrected chi connectivity index (χ4v) is 2.99. The Balaban J connectivity index is 1.57. The zero-order valence-electron chi connectivity index (χ0n) is 14.8. The molecule has 0 saturated carbocycles. The van der Waals surface area contributed by atoms with E-state index in [1.54, 1.807) is 6.07 Å². The molecule has 6 heteroatoms. The highest BCUT2D eigenvalue weighted by Gasteiger charge is 2.13. The van der Waals surface area contributed by atoms with Crippen molar-refractivity contribution in [1.82, 2.24) is 15.5 Å². The summed E-state index contributed by atoms with van der Waals surface area (Å²) in [6, 6.07) is 17.5. The molecule has 1 aromatic carbocycles. The van der Waals surface area contributed by atoms with Gasteiger partial charge in [0, 0.05) is 11.6 Å². The van der Waals surface area contributed by atoms with E-state index in [2.05, 4.69) is 15.5 Å². The fourth-order valence-electron chi connectivity index (χ4n) is 2.28. The lowest BCUT2D eigenvalue weighted by atomic mass is 10.1. The molecule has 0 fully saturated rings. The SMILES string of the molecule is CC[C@H](C)NC(=O)c1ccc(CSc2ccc(-c3ccccc3)nn2)o1. The minimum atomic E-state index is -0.178. The first-order valence-corrected chi connectivity index (χ1v) is 9.55. The summed E-state index contributed by atoms with van der Waals surface area (Å²) in [7, 11) is 0. The molecule has 2 aromatic heterocycles. The molecule has 1 amide bonds. The van der Waals surface area contributed by atoms with Crippen LogP contribution in [-0.4, -0.2) is 22.1 Å². The van der Waals surface area contributed by atoms with E-state index in [0.717, 1.165) is 28.5 Å². The highest BCUT2D eigenvalue weighted by atomic mass is 32.2. The van der Waals surface area contributed by atoms with Gasteiger partial charge in [0.15, 0.2) is 5.76 Å². The van der Waals surface area contributed by atoms with Crippen molar-refractivity contribution in [3.63, 3.8) is 0 Å². The molecule has 3 aromatic rings. The maximum Gasteiger partial charge on any atom is 0.287 e. The molecule has 0 bridgehead atoms. The molecular weight excluding hydrogens is 346 g/mol. The first-order chi connectivity index (χ1) is 12.7. The zero-order chi connectivity index (χ0) is 18.4. The Morgan fingerprint density at radius 1 is 1.12 bits per heavy atom. The Labute approximate surface area is 157 Å². The molecule has 134 valence electrons. The van der Waals surface area contributed by atoms with Gasteiger partial charge in [0.25, 0.3) is 5.91 Å². The fraction of sp³-hybridized carbons (Fsp3) is 0.250. The monoisotopic (exact) mass is 367 g/mol. The summed E-state index contributed by atoms with van der Waals surface area (Å²) < 4.78 is 5.62. The number of rotatable bonds is 7. The molecule has 1 atom stereocenters. The van der Waals surface area contributed by atoms with Crippen molar-refractivity contribution in [1.29, 1.82) is 0 Å². The van der Waals surface area contributed by atoms with Crippen LogP contribution in [0.4, 0.5) is 0 Å². The molecule has 0 aliphatic heterocycles. The van der Waals surface area contributed by atoms with E-state index < -0.39 is 0 Å². The second-order valence-electron chi connectivity index (χ2n) is 5.96. The average Bonchev–Trinajstić information content (AvgIpc) is 3.16. The number of hydrogen-bond donors (Lipinski definition) is 1. The van der Waals surface area contributed by atoms with E-state index in [0.29, 0.717) is 11.5 Å². The van der Waals surface area contributed by atoms with Gasteiger partial charge in [-0.25, -0.2) is 0 Å². The van der Waals surface area contributed by atoms with Gasteiger partial charge in [0.05, 0.1) is 11.4 Å². The van der Waals surface area contributed by atoms with Crippen molar-refractivity contribution in [2.24, 2.45) is 0 Å². The quantitative estimate of drug-likeness (QED) is 0.620. The number of nitrogens with zero attached hydrogens (tertiary/aromatic N) is 2. The molecule has 5 nitrogen and oxygen atoms in total. The Hall–Kier alpha value is -2.60. The van der Waals surface area contributed by atoms with E-state index in [1.165, 1.54) is 11.8 Å². The molecule has 0 aliphatic rings. The standard InChI is InChI=1S/C20H21N3O2S/c1-3-14(2)21-20(24)18-11-9-16(25-18)13-26-19-12-10-17(22-23-19)15-7-5-4-6-8-15/h4-12,14H,3,13H2,1-2H3,(H,21,24)/t14-/m0/s1. The summed E-state index contributed by atoms with van der Waals surface area (Å²) in [5, 5.41) is 12.2. The Morgan fingerprint density at radius 3 is 2.62 bits per heavy atom. The highest BCUT2D eigenvalue weighted by molar-refractivity contribution is 7.98. The van der Waals surface area contributed by atoms with Crippen molar-refractivity contribution in [2.75, 3.05) is 0 Å². The summed E-state index contributed by atoms with van der Waals surface area (Å²) in [5.41, 5.74) is 1.89. The highest BCUT2D eigenvalue weighted by Crippen LogP contribution is 2.23. The van der Waals surface area contributed by atoms with E-state index in [1.807, 2.05) is 62.4 Å². The van der Waals surface area contributed by atoms with E-state index in [4.69, 9.17) is 4.42 Å². The van der Waals surface area contributed by atoms with Gasteiger partial charge < -0.3 is 9.73 Å². The van der Waals surface area contributed by atoms with Gasteiger partial charge in [0.1, 0.15) is 10.8 Å². The van der Waals surface area contributed by atoms with Crippen LogP contribution in [0, 0.1) is 0 Å². The van der Waals surface area contributed by atoms with Gasteiger partial charge in [-0.05, 0) is 37.6 Å². The largest absolute Gasteiger partial charge is 0.455 e. The summed E-state index contributed by atoms with van der Waals surface area (Å²) in [6.07, 6.45) is 0.882. The number of thioether (sulfide) groups is 1. The predicted octanol–water partition coefficient (Wildman–Crippen LogP) is 4.56. The molecule has 1 N–H and O–H groups in total. The first-order valence-electron chi connectivity index (χ1n) is 8.57. The van der Waals surface area contributed by atoms with Gasteiger partial charge >= 0.3 is 0 Å². The third kappa shape index (κ3) is 4.73. The van der Waals surface area contributed by atoms with Crippen molar-refractivity contribution >= 4 is 17.7 Å². The van der Waals surface area contributed by atoms with E-state index >= 15 is 0 Å². The lowest BCUT2D eigenvalue weighted by Crippen LogP contribution is -2.31. The van der Waals surface area contributed by atoms with Crippen LogP contribution in [0.15, 0.2) is 64.0 Å². The molecule has 2 heterocycles. The Kier molecular flexibility index (Phi) is 6.07. The summed E-state index contributed by atoms with van der Waals surface area (Å²) in [5.74, 6) is 1.49. The Bertz CT molecular complexity index is 847. The van der Waals surface area contributed by atoms with Crippen LogP contribution in [0.2, 0.25) is 0 Å². The number of carbonyl (C=O) groups is 1. The lowest BCUT2D eigenvalue weighted by molar-refractivity contribution is 0.0910. The first kappa shape index (κ1) is 18.2. The summed E-state index contributed by atoms with van der Waals surface area (Å²) >= 11 is 1.52. The molecule has 0 saturated heterocycles. The van der Waals surface area contributed by atoms with E-state index in [-0.39, 0.29) is 11.9 Å². The van der Waals surface area contributed by atoms with Crippen LogP contribution >= 0.6 is 11.8 Å². The van der Waals surface area contributed by atoms with Crippen molar-refractivity contribution < 1.29 is 9.21 Å². The second kappa shape index (κ2) is 8.67.